The molecule has 1 amide bonds. The molecule has 6 rings (SSSR count). The van der Waals surface area contributed by atoms with Crippen LogP contribution in [0.4, 0.5) is 5.69 Å². The Kier molecular flexibility index (Phi) is 8.20. The van der Waals surface area contributed by atoms with Gasteiger partial charge in [-0.3, -0.25) is 24.2 Å². The lowest BCUT2D eigenvalue weighted by molar-refractivity contribution is -0.148. The lowest BCUT2D eigenvalue weighted by Crippen LogP contribution is -2.63. The molecule has 1 saturated heterocycles. The van der Waals surface area contributed by atoms with Gasteiger partial charge in [-0.2, -0.15) is 0 Å². The summed E-state index contributed by atoms with van der Waals surface area (Å²) in [5, 5.41) is 46.4. The van der Waals surface area contributed by atoms with Gasteiger partial charge in [-0.05, 0) is 68.7 Å². The van der Waals surface area contributed by atoms with E-state index in [-0.39, 0.29) is 29.7 Å². The van der Waals surface area contributed by atoms with Crippen LogP contribution in [-0.2, 0) is 22.6 Å². The van der Waals surface area contributed by atoms with Crippen molar-refractivity contribution in [1.29, 1.82) is 0 Å². The molecule has 47 heavy (non-hydrogen) atoms. The van der Waals surface area contributed by atoms with E-state index in [4.69, 9.17) is 5.73 Å². The Hall–Kier alpha value is -4.23. The fourth-order valence-corrected chi connectivity index (χ4v) is 8.02. The van der Waals surface area contributed by atoms with Crippen molar-refractivity contribution < 1.29 is 34.8 Å². The van der Waals surface area contributed by atoms with E-state index in [2.05, 4.69) is 16.8 Å². The summed E-state index contributed by atoms with van der Waals surface area (Å²) < 4.78 is 0. The molecule has 12 nitrogen and oxygen atoms in total. The molecule has 4 aliphatic rings. The molecule has 0 aromatic heterocycles. The summed E-state index contributed by atoms with van der Waals surface area (Å²) in [6.45, 7) is 4.62. The predicted octanol–water partition coefficient (Wildman–Crippen LogP) is 1.60. The number of benzene rings is 2. The molecule has 0 radical (unpaired) electrons. The number of nitrogens with zero attached hydrogens (tertiary/aromatic N) is 4. The van der Waals surface area contributed by atoms with Gasteiger partial charge in [0.15, 0.2) is 11.4 Å². The van der Waals surface area contributed by atoms with Crippen LogP contribution in [0.25, 0.3) is 11.1 Å². The number of nitrogens with two attached hydrogens (primary N) is 1. The largest absolute Gasteiger partial charge is 0.510 e. The second-order valence-corrected chi connectivity index (χ2v) is 13.8. The summed E-state index contributed by atoms with van der Waals surface area (Å²) >= 11 is 0. The minimum Gasteiger partial charge on any atom is -0.510 e. The van der Waals surface area contributed by atoms with Crippen molar-refractivity contribution in [3.8, 4) is 16.9 Å². The van der Waals surface area contributed by atoms with Gasteiger partial charge in [-0.15, -0.1) is 0 Å². The molecule has 1 aliphatic heterocycles. The Balaban J connectivity index is 1.46. The number of Topliss-reactive ketones (excluding diaryl/α,β-unsaturated/α-hetero) is 2. The van der Waals surface area contributed by atoms with Gasteiger partial charge >= 0.3 is 0 Å². The maximum Gasteiger partial charge on any atom is 0.255 e. The number of allylic oxidation sites excluding steroid dienone is 1. The van der Waals surface area contributed by atoms with Crippen LogP contribution in [0.1, 0.15) is 27.9 Å². The first-order valence-electron chi connectivity index (χ1n) is 15.9. The monoisotopic (exact) mass is 645 g/mol. The molecule has 2 aromatic carbocycles. The molecular formula is C35H43N5O7. The summed E-state index contributed by atoms with van der Waals surface area (Å²) in [7, 11) is 9.03. The van der Waals surface area contributed by atoms with Crippen LogP contribution in [-0.4, -0.2) is 126 Å². The molecule has 12 heteroatoms. The van der Waals surface area contributed by atoms with E-state index in [1.165, 1.54) is 0 Å². The number of aliphatic hydroxyl groups is 3. The lowest BCUT2D eigenvalue weighted by atomic mass is 9.58. The fourth-order valence-electron chi connectivity index (χ4n) is 8.02. The van der Waals surface area contributed by atoms with Gasteiger partial charge in [0.05, 0.1) is 11.6 Å². The minimum absolute atomic E-state index is 0.00328. The number of carbonyl (C=O) groups excluding carboxylic acids is 3. The normalized spacial score (nSPS) is 26.7. The number of carbonyl (C=O) groups is 3. The van der Waals surface area contributed by atoms with Crippen molar-refractivity contribution in [2.75, 3.05) is 66.3 Å². The van der Waals surface area contributed by atoms with Crippen LogP contribution in [0.3, 0.4) is 0 Å². The predicted molar refractivity (Wildman–Crippen MR) is 176 cm³/mol. The molecule has 1 fully saturated rings. The van der Waals surface area contributed by atoms with Gasteiger partial charge in [0.25, 0.3) is 5.91 Å². The quantitative estimate of drug-likeness (QED) is 0.289. The Morgan fingerprint density at radius 3 is 2.34 bits per heavy atom. The number of anilines is 1. The molecule has 1 heterocycles. The van der Waals surface area contributed by atoms with Crippen LogP contribution in [0, 0.1) is 11.8 Å². The first-order chi connectivity index (χ1) is 22.2. The Morgan fingerprint density at radius 2 is 1.72 bits per heavy atom. The Labute approximate surface area is 274 Å². The lowest BCUT2D eigenvalue weighted by Gasteiger charge is -2.50. The van der Waals surface area contributed by atoms with Crippen molar-refractivity contribution >= 4 is 23.2 Å². The highest BCUT2D eigenvalue weighted by atomic mass is 16.3. The van der Waals surface area contributed by atoms with Gasteiger partial charge < -0.3 is 36.0 Å². The summed E-state index contributed by atoms with van der Waals surface area (Å²) in [5.74, 6) is -6.64. The average molecular weight is 646 g/mol. The number of likely N-dealkylation sites (N-methyl/N-ethyl adjacent to an activating group) is 2. The van der Waals surface area contributed by atoms with Crippen molar-refractivity contribution in [3.63, 3.8) is 0 Å². The topological polar surface area (TPSA) is 171 Å². The molecule has 0 saturated carbocycles. The summed E-state index contributed by atoms with van der Waals surface area (Å²) in [4.78, 5) is 48.4. The summed E-state index contributed by atoms with van der Waals surface area (Å²) in [6, 6.07) is 8.67. The summed E-state index contributed by atoms with van der Waals surface area (Å²) in [5.41, 5.74) is 5.30. The van der Waals surface area contributed by atoms with E-state index in [1.54, 1.807) is 19.0 Å². The van der Waals surface area contributed by atoms with E-state index in [9.17, 15) is 34.8 Å². The number of piperazine rings is 1. The maximum absolute atomic E-state index is 14.4. The van der Waals surface area contributed by atoms with Gasteiger partial charge in [-0.1, -0.05) is 18.2 Å². The van der Waals surface area contributed by atoms with Crippen molar-refractivity contribution in [3.05, 3.63) is 69.7 Å². The van der Waals surface area contributed by atoms with Gasteiger partial charge in [0.2, 0.25) is 5.78 Å². The number of aliphatic hydroxyl groups excluding tert-OH is 2. The van der Waals surface area contributed by atoms with Gasteiger partial charge in [0.1, 0.15) is 22.8 Å². The highest BCUT2D eigenvalue weighted by molar-refractivity contribution is 6.25. The number of primary amides is 1. The van der Waals surface area contributed by atoms with E-state index in [1.807, 2.05) is 49.3 Å². The van der Waals surface area contributed by atoms with E-state index < -0.39 is 58.0 Å². The third kappa shape index (κ3) is 5.10. The zero-order chi connectivity index (χ0) is 34.1. The maximum atomic E-state index is 14.4. The molecule has 0 spiro atoms. The van der Waals surface area contributed by atoms with E-state index in [0.29, 0.717) is 16.8 Å². The van der Waals surface area contributed by atoms with Gasteiger partial charge in [0, 0.05) is 69.6 Å². The van der Waals surface area contributed by atoms with Crippen LogP contribution >= 0.6 is 0 Å². The SMILES string of the molecule is CN1CCN(Cc2cccc(-c3cc(N(C)C)c4c(c3O)C(=O)C3=C(O)[C@@]5(O)C(=O)C(C(N)=O)=C(O)[C@@H](N(C)C)[C@H]5C[C@@H]3C4)c2)CC1. The highest BCUT2D eigenvalue weighted by Crippen LogP contribution is 2.54. The number of aromatic hydroxyl groups is 1. The number of hydrogen-bond acceptors (Lipinski definition) is 11. The molecule has 3 aliphatic carbocycles. The first-order valence-corrected chi connectivity index (χ1v) is 15.9. The molecular weight excluding hydrogens is 602 g/mol. The first kappa shape index (κ1) is 32.7. The number of phenols is 1. The third-order valence-corrected chi connectivity index (χ3v) is 10.4. The Morgan fingerprint density at radius 1 is 1.04 bits per heavy atom. The van der Waals surface area contributed by atoms with Crippen LogP contribution in [0.5, 0.6) is 5.75 Å². The number of fused-ring (bicyclic) bond motifs is 3. The molecule has 250 valence electrons. The molecule has 6 N–H and O–H groups in total. The van der Waals surface area contributed by atoms with Crippen LogP contribution in [0.2, 0.25) is 0 Å². The second kappa shape index (κ2) is 11.8. The molecule has 0 bridgehead atoms. The second-order valence-electron chi connectivity index (χ2n) is 13.8. The third-order valence-electron chi connectivity index (χ3n) is 10.4. The molecule has 4 atom stereocenters. The van der Waals surface area contributed by atoms with Crippen molar-refractivity contribution in [1.82, 2.24) is 14.7 Å². The fraction of sp³-hybridized carbons (Fsp3) is 0.457. The van der Waals surface area contributed by atoms with E-state index >= 15 is 0 Å². The number of rotatable bonds is 6. The zero-order valence-corrected chi connectivity index (χ0v) is 27.4. The van der Waals surface area contributed by atoms with Crippen LogP contribution in [0.15, 0.2) is 53.0 Å². The number of amides is 1. The highest BCUT2D eigenvalue weighted by Gasteiger charge is 2.63. The van der Waals surface area contributed by atoms with Crippen molar-refractivity contribution in [2.24, 2.45) is 17.6 Å². The number of ketones is 2. The zero-order valence-electron chi connectivity index (χ0n) is 27.4. The average Bonchev–Trinajstić information content (AvgIpc) is 3.00. The van der Waals surface area contributed by atoms with Crippen LogP contribution < -0.4 is 10.6 Å². The molecule has 0 unspecified atom stereocenters. The number of phenolic OH excluding ortho intramolecular Hbond substituents is 1. The standard InChI is InChI=1S/C35H43N5O7/c1-37(2)24-16-21(19-8-6-7-18(13-19)17-40-11-9-39(5)10-12-40)29(41)26-22(24)14-20-15-23-28(38(3)4)31(43)27(34(36)46)33(45)35(23,47)32(44)25(20)30(26)42/h6-8,13,16,20,23,28,41,43-44,47H,9-12,14-15,17H2,1-5H3,(H2,36,46)/t20-,23+,28-,35+/m0/s1. The minimum atomic E-state index is -2.68. The smallest absolute Gasteiger partial charge is 0.255 e. The Bertz CT molecular complexity index is 1740. The van der Waals surface area contributed by atoms with Gasteiger partial charge in [-0.25, -0.2) is 0 Å². The molecule has 2 aromatic rings. The van der Waals surface area contributed by atoms with E-state index in [0.717, 1.165) is 43.9 Å². The number of hydrogen-bond donors (Lipinski definition) is 5. The summed E-state index contributed by atoms with van der Waals surface area (Å²) in [6.07, 6.45) is 0.259. The van der Waals surface area contributed by atoms with Crippen molar-refractivity contribution in [2.45, 2.75) is 31.0 Å².